The van der Waals surface area contributed by atoms with E-state index in [-0.39, 0.29) is 5.56 Å². The second-order valence-electron chi connectivity index (χ2n) is 4.23. The van der Waals surface area contributed by atoms with E-state index in [0.29, 0.717) is 5.82 Å². The molecule has 1 N–H and O–H groups in total. The third-order valence-electron chi connectivity index (χ3n) is 2.61. The number of nitrogens with zero attached hydrogens (tertiary/aromatic N) is 2. The molecule has 0 spiro atoms. The van der Waals surface area contributed by atoms with Crippen molar-refractivity contribution in [3.05, 3.63) is 46.9 Å². The molecule has 0 saturated carbocycles. The first kappa shape index (κ1) is 12.3. The van der Waals surface area contributed by atoms with Gasteiger partial charge >= 0.3 is 0 Å². The van der Waals surface area contributed by atoms with Crippen LogP contribution >= 0.6 is 0 Å². The first-order valence-electron chi connectivity index (χ1n) is 5.55. The van der Waals surface area contributed by atoms with Gasteiger partial charge in [-0.3, -0.25) is 9.48 Å². The lowest BCUT2D eigenvalue weighted by atomic mass is 10.1. The zero-order chi connectivity index (χ0) is 13.3. The maximum absolute atomic E-state index is 13.6. The predicted molar refractivity (Wildman–Crippen MR) is 67.0 cm³/mol. The standard InChI is InChI=1S/C13H14FN3O/c1-8-4-5-10(11(14)6-8)13(18)15-12-7-9(2)16-17(12)3/h4-7H,1-3H3,(H,15,18). The van der Waals surface area contributed by atoms with Crippen molar-refractivity contribution >= 4 is 11.7 Å². The first-order valence-corrected chi connectivity index (χ1v) is 5.55. The number of hydrogen-bond acceptors (Lipinski definition) is 2. The average Bonchev–Trinajstić information content (AvgIpc) is 2.57. The molecule has 2 rings (SSSR count). The highest BCUT2D eigenvalue weighted by Crippen LogP contribution is 2.14. The van der Waals surface area contributed by atoms with Crippen molar-refractivity contribution in [2.24, 2.45) is 7.05 Å². The molecule has 0 unspecified atom stereocenters. The van der Waals surface area contributed by atoms with E-state index >= 15 is 0 Å². The van der Waals surface area contributed by atoms with Gasteiger partial charge in [0.25, 0.3) is 5.91 Å². The van der Waals surface area contributed by atoms with Gasteiger partial charge in [-0.15, -0.1) is 0 Å². The van der Waals surface area contributed by atoms with E-state index in [1.54, 1.807) is 30.8 Å². The van der Waals surface area contributed by atoms with E-state index in [4.69, 9.17) is 0 Å². The summed E-state index contributed by atoms with van der Waals surface area (Å²) in [5.41, 5.74) is 1.59. The van der Waals surface area contributed by atoms with Gasteiger partial charge in [0.2, 0.25) is 0 Å². The Morgan fingerprint density at radius 1 is 1.33 bits per heavy atom. The molecule has 0 aliphatic carbocycles. The van der Waals surface area contributed by atoms with E-state index < -0.39 is 11.7 Å². The normalized spacial score (nSPS) is 10.4. The minimum Gasteiger partial charge on any atom is -0.307 e. The Labute approximate surface area is 104 Å². The average molecular weight is 247 g/mol. The molecule has 18 heavy (non-hydrogen) atoms. The molecule has 1 aromatic heterocycles. The minimum absolute atomic E-state index is 0.0273. The number of hydrogen-bond donors (Lipinski definition) is 1. The highest BCUT2D eigenvalue weighted by atomic mass is 19.1. The van der Waals surface area contributed by atoms with Crippen LogP contribution in [0.1, 0.15) is 21.6 Å². The van der Waals surface area contributed by atoms with Gasteiger partial charge in [0.15, 0.2) is 0 Å². The summed E-state index contributed by atoms with van der Waals surface area (Å²) in [5, 5.41) is 6.73. The Hall–Kier alpha value is -2.17. The molecule has 2 aromatic rings. The van der Waals surface area contributed by atoms with Crippen molar-refractivity contribution in [2.45, 2.75) is 13.8 Å². The second-order valence-corrected chi connectivity index (χ2v) is 4.23. The molecule has 1 aromatic carbocycles. The number of amides is 1. The van der Waals surface area contributed by atoms with Gasteiger partial charge in [-0.05, 0) is 31.5 Å². The molecule has 94 valence electrons. The number of aromatic nitrogens is 2. The van der Waals surface area contributed by atoms with Crippen molar-refractivity contribution in [1.29, 1.82) is 0 Å². The quantitative estimate of drug-likeness (QED) is 0.886. The van der Waals surface area contributed by atoms with Crippen LogP contribution in [0, 0.1) is 19.7 Å². The van der Waals surface area contributed by atoms with E-state index in [1.165, 1.54) is 12.1 Å². The number of carbonyl (C=O) groups excluding carboxylic acids is 1. The third-order valence-corrected chi connectivity index (χ3v) is 2.61. The van der Waals surface area contributed by atoms with Crippen LogP contribution in [0.5, 0.6) is 0 Å². The number of halogens is 1. The lowest BCUT2D eigenvalue weighted by Gasteiger charge is -2.06. The van der Waals surface area contributed by atoms with Crippen LogP contribution in [-0.2, 0) is 7.05 Å². The van der Waals surface area contributed by atoms with Crippen LogP contribution in [0.25, 0.3) is 0 Å². The Balaban J connectivity index is 2.24. The summed E-state index contributed by atoms with van der Waals surface area (Å²) in [6, 6.07) is 6.24. The van der Waals surface area contributed by atoms with Gasteiger partial charge in [-0.1, -0.05) is 6.07 Å². The SMILES string of the molecule is Cc1ccc(C(=O)Nc2cc(C)nn2C)c(F)c1. The first-order chi connectivity index (χ1) is 8.47. The number of anilines is 1. The molecule has 0 bridgehead atoms. The summed E-state index contributed by atoms with van der Waals surface area (Å²) >= 11 is 0. The summed E-state index contributed by atoms with van der Waals surface area (Å²) in [6.07, 6.45) is 0. The van der Waals surface area contributed by atoms with Crippen LogP contribution in [0.4, 0.5) is 10.2 Å². The van der Waals surface area contributed by atoms with Gasteiger partial charge in [0.05, 0.1) is 11.3 Å². The smallest absolute Gasteiger partial charge is 0.259 e. The largest absolute Gasteiger partial charge is 0.307 e. The van der Waals surface area contributed by atoms with Crippen LogP contribution in [0.3, 0.4) is 0 Å². The van der Waals surface area contributed by atoms with E-state index in [0.717, 1.165) is 11.3 Å². The van der Waals surface area contributed by atoms with Gasteiger partial charge in [-0.25, -0.2) is 4.39 Å². The molecule has 0 saturated heterocycles. The topological polar surface area (TPSA) is 46.9 Å². The molecule has 5 heteroatoms. The van der Waals surface area contributed by atoms with Crippen LogP contribution in [0.2, 0.25) is 0 Å². The summed E-state index contributed by atoms with van der Waals surface area (Å²) in [5.74, 6) is -0.459. The lowest BCUT2D eigenvalue weighted by Crippen LogP contribution is -2.16. The molecular weight excluding hydrogens is 233 g/mol. The fourth-order valence-electron chi connectivity index (χ4n) is 1.72. The summed E-state index contributed by atoms with van der Waals surface area (Å²) in [7, 11) is 1.72. The number of carbonyl (C=O) groups is 1. The maximum Gasteiger partial charge on any atom is 0.259 e. The molecule has 0 atom stereocenters. The van der Waals surface area contributed by atoms with Crippen molar-refractivity contribution in [3.8, 4) is 0 Å². The third kappa shape index (κ3) is 2.40. The molecule has 4 nitrogen and oxygen atoms in total. The number of nitrogens with one attached hydrogen (secondary N) is 1. The van der Waals surface area contributed by atoms with Crippen molar-refractivity contribution in [1.82, 2.24) is 9.78 Å². The van der Waals surface area contributed by atoms with Gasteiger partial charge in [-0.2, -0.15) is 5.10 Å². The highest BCUT2D eigenvalue weighted by molar-refractivity contribution is 6.04. The maximum atomic E-state index is 13.6. The molecule has 0 aliphatic rings. The number of benzene rings is 1. The van der Waals surface area contributed by atoms with Crippen molar-refractivity contribution < 1.29 is 9.18 Å². The van der Waals surface area contributed by atoms with E-state index in [2.05, 4.69) is 10.4 Å². The predicted octanol–water partition coefficient (Wildman–Crippen LogP) is 2.43. The summed E-state index contributed by atoms with van der Waals surface area (Å²) in [6.45, 7) is 3.59. The zero-order valence-corrected chi connectivity index (χ0v) is 10.5. The molecule has 1 amide bonds. The van der Waals surface area contributed by atoms with Crippen molar-refractivity contribution in [3.63, 3.8) is 0 Å². The van der Waals surface area contributed by atoms with Crippen LogP contribution in [-0.4, -0.2) is 15.7 Å². The number of aryl methyl sites for hydroxylation is 3. The van der Waals surface area contributed by atoms with E-state index in [1.807, 2.05) is 6.92 Å². The van der Waals surface area contributed by atoms with Gasteiger partial charge < -0.3 is 5.32 Å². The molecule has 1 heterocycles. The molecule has 0 radical (unpaired) electrons. The van der Waals surface area contributed by atoms with Crippen LogP contribution in [0.15, 0.2) is 24.3 Å². The fourth-order valence-corrected chi connectivity index (χ4v) is 1.72. The minimum atomic E-state index is -0.522. The Kier molecular flexibility index (Phi) is 3.14. The number of rotatable bonds is 2. The Morgan fingerprint density at radius 2 is 2.06 bits per heavy atom. The Morgan fingerprint density at radius 3 is 2.61 bits per heavy atom. The van der Waals surface area contributed by atoms with E-state index in [9.17, 15) is 9.18 Å². The fraction of sp³-hybridized carbons (Fsp3) is 0.231. The van der Waals surface area contributed by atoms with Gasteiger partial charge in [0.1, 0.15) is 11.6 Å². The summed E-state index contributed by atoms with van der Waals surface area (Å²) < 4.78 is 15.2. The molecular formula is C13H14FN3O. The summed E-state index contributed by atoms with van der Waals surface area (Å²) in [4.78, 5) is 11.9. The van der Waals surface area contributed by atoms with Gasteiger partial charge in [0, 0.05) is 13.1 Å². The molecule has 0 fully saturated rings. The lowest BCUT2D eigenvalue weighted by molar-refractivity contribution is 0.102. The second kappa shape index (κ2) is 4.60. The monoisotopic (exact) mass is 247 g/mol. The highest BCUT2D eigenvalue weighted by Gasteiger charge is 2.13. The molecule has 0 aliphatic heterocycles. The van der Waals surface area contributed by atoms with Crippen molar-refractivity contribution in [2.75, 3.05) is 5.32 Å². The van der Waals surface area contributed by atoms with Crippen LogP contribution < -0.4 is 5.32 Å². The zero-order valence-electron chi connectivity index (χ0n) is 10.5. The Bertz CT molecular complexity index is 604.